The Labute approximate surface area is 153 Å². The molecule has 0 saturated heterocycles. The van der Waals surface area contributed by atoms with E-state index in [2.05, 4.69) is 40.9 Å². The number of nitrogens with one attached hydrogen (secondary N) is 2. The molecule has 1 aromatic heterocycles. The standard InChI is InChI=1S/C16H23N3OS.HI/c1-3-17-16(19-10-11-21-2)18-9-8-14-12-13-6-4-5-7-15(13)20-14;/h4-7,12H,3,8-11H2,1-2H3,(H2,17,18,19);1H. The van der Waals surface area contributed by atoms with Crippen LogP contribution in [-0.2, 0) is 6.42 Å². The van der Waals surface area contributed by atoms with Crippen LogP contribution >= 0.6 is 35.7 Å². The SMILES string of the molecule is CCNC(=NCCSC)NCCc1cc2ccccc2o1.I. The van der Waals surface area contributed by atoms with Gasteiger partial charge >= 0.3 is 0 Å². The Morgan fingerprint density at radius 3 is 2.82 bits per heavy atom. The number of aliphatic imine (C=N–C) groups is 1. The number of fused-ring (bicyclic) bond motifs is 1. The summed E-state index contributed by atoms with van der Waals surface area (Å²) in [4.78, 5) is 4.52. The van der Waals surface area contributed by atoms with Gasteiger partial charge in [-0.2, -0.15) is 11.8 Å². The largest absolute Gasteiger partial charge is 0.461 e. The molecule has 2 aromatic rings. The van der Waals surface area contributed by atoms with E-state index in [1.165, 1.54) is 0 Å². The average Bonchev–Trinajstić information content (AvgIpc) is 2.90. The second-order valence-corrected chi connectivity index (χ2v) is 5.67. The molecule has 22 heavy (non-hydrogen) atoms. The van der Waals surface area contributed by atoms with Crippen LogP contribution in [0.1, 0.15) is 12.7 Å². The minimum Gasteiger partial charge on any atom is -0.461 e. The van der Waals surface area contributed by atoms with Crippen LogP contribution in [0.25, 0.3) is 11.0 Å². The van der Waals surface area contributed by atoms with Crippen LogP contribution in [0.3, 0.4) is 0 Å². The van der Waals surface area contributed by atoms with Crippen LogP contribution in [-0.4, -0.2) is 37.6 Å². The van der Waals surface area contributed by atoms with Gasteiger partial charge < -0.3 is 15.1 Å². The van der Waals surface area contributed by atoms with Gasteiger partial charge in [0.25, 0.3) is 0 Å². The number of thioether (sulfide) groups is 1. The lowest BCUT2D eigenvalue weighted by molar-refractivity contribution is 0.544. The van der Waals surface area contributed by atoms with Crippen molar-refractivity contribution in [2.75, 3.05) is 31.6 Å². The molecule has 1 aromatic carbocycles. The van der Waals surface area contributed by atoms with Crippen molar-refractivity contribution >= 4 is 52.7 Å². The van der Waals surface area contributed by atoms with E-state index < -0.39 is 0 Å². The number of furan rings is 1. The summed E-state index contributed by atoms with van der Waals surface area (Å²) >= 11 is 1.81. The molecule has 0 radical (unpaired) electrons. The van der Waals surface area contributed by atoms with Gasteiger partial charge in [0.05, 0.1) is 6.54 Å². The smallest absolute Gasteiger partial charge is 0.191 e. The summed E-state index contributed by atoms with van der Waals surface area (Å²) in [6.07, 6.45) is 2.94. The summed E-state index contributed by atoms with van der Waals surface area (Å²) in [5, 5.41) is 7.76. The van der Waals surface area contributed by atoms with Crippen LogP contribution in [0.5, 0.6) is 0 Å². The molecule has 0 aliphatic heterocycles. The zero-order chi connectivity index (χ0) is 14.9. The van der Waals surface area contributed by atoms with Gasteiger partial charge in [-0.15, -0.1) is 24.0 Å². The number of nitrogens with zero attached hydrogens (tertiary/aromatic N) is 1. The maximum Gasteiger partial charge on any atom is 0.191 e. The Morgan fingerprint density at radius 1 is 1.27 bits per heavy atom. The summed E-state index contributed by atoms with van der Waals surface area (Å²) in [5.41, 5.74) is 0.952. The Morgan fingerprint density at radius 2 is 2.09 bits per heavy atom. The summed E-state index contributed by atoms with van der Waals surface area (Å²) < 4.78 is 5.80. The fraction of sp³-hybridized carbons (Fsp3) is 0.438. The van der Waals surface area contributed by atoms with Crippen molar-refractivity contribution in [3.8, 4) is 0 Å². The van der Waals surface area contributed by atoms with Crippen LogP contribution in [0.2, 0.25) is 0 Å². The van der Waals surface area contributed by atoms with Crippen molar-refractivity contribution in [1.82, 2.24) is 10.6 Å². The molecule has 0 amide bonds. The summed E-state index contributed by atoms with van der Waals surface area (Å²) in [7, 11) is 0. The van der Waals surface area contributed by atoms with E-state index in [9.17, 15) is 0 Å². The van der Waals surface area contributed by atoms with Crippen LogP contribution < -0.4 is 10.6 Å². The van der Waals surface area contributed by atoms with Gasteiger partial charge in [-0.1, -0.05) is 18.2 Å². The quantitative estimate of drug-likeness (QED) is 0.304. The first kappa shape index (κ1) is 19.2. The molecular formula is C16H24IN3OS. The second-order valence-electron chi connectivity index (χ2n) is 4.68. The lowest BCUT2D eigenvalue weighted by Gasteiger charge is -2.10. The van der Waals surface area contributed by atoms with E-state index in [-0.39, 0.29) is 24.0 Å². The molecule has 0 bridgehead atoms. The van der Waals surface area contributed by atoms with Crippen molar-refractivity contribution in [2.45, 2.75) is 13.3 Å². The van der Waals surface area contributed by atoms with Crippen molar-refractivity contribution in [3.63, 3.8) is 0 Å². The zero-order valence-corrected chi connectivity index (χ0v) is 16.2. The highest BCUT2D eigenvalue weighted by Crippen LogP contribution is 2.18. The van der Waals surface area contributed by atoms with Gasteiger partial charge in [-0.3, -0.25) is 4.99 Å². The molecule has 0 atom stereocenters. The van der Waals surface area contributed by atoms with Crippen molar-refractivity contribution in [2.24, 2.45) is 4.99 Å². The highest BCUT2D eigenvalue weighted by Gasteiger charge is 2.03. The highest BCUT2D eigenvalue weighted by atomic mass is 127. The fourth-order valence-corrected chi connectivity index (χ4v) is 2.33. The maximum atomic E-state index is 5.80. The predicted octanol–water partition coefficient (Wildman–Crippen LogP) is 3.51. The number of benzene rings is 1. The molecule has 0 saturated carbocycles. The van der Waals surface area contributed by atoms with Crippen molar-refractivity contribution < 1.29 is 4.42 Å². The van der Waals surface area contributed by atoms with E-state index in [0.717, 1.165) is 54.5 Å². The van der Waals surface area contributed by atoms with Gasteiger partial charge in [0.2, 0.25) is 0 Å². The van der Waals surface area contributed by atoms with Crippen molar-refractivity contribution in [1.29, 1.82) is 0 Å². The summed E-state index contributed by atoms with van der Waals surface area (Å²) in [6, 6.07) is 10.2. The summed E-state index contributed by atoms with van der Waals surface area (Å²) in [5.74, 6) is 2.92. The minimum absolute atomic E-state index is 0. The fourth-order valence-electron chi connectivity index (χ4n) is 2.05. The van der Waals surface area contributed by atoms with Crippen LogP contribution in [0.15, 0.2) is 39.7 Å². The Kier molecular flexibility index (Phi) is 9.38. The molecule has 0 spiro atoms. The zero-order valence-electron chi connectivity index (χ0n) is 13.1. The molecule has 6 heteroatoms. The number of guanidine groups is 1. The van der Waals surface area contributed by atoms with Gasteiger partial charge in [0.15, 0.2) is 5.96 Å². The lowest BCUT2D eigenvalue weighted by Crippen LogP contribution is -2.38. The van der Waals surface area contributed by atoms with E-state index in [0.29, 0.717) is 0 Å². The molecule has 0 fully saturated rings. The third-order valence-electron chi connectivity index (χ3n) is 3.05. The Bertz CT molecular complexity index is 553. The van der Waals surface area contributed by atoms with Crippen LogP contribution in [0, 0.1) is 0 Å². The van der Waals surface area contributed by atoms with Gasteiger partial charge in [-0.25, -0.2) is 0 Å². The second kappa shape index (κ2) is 10.8. The monoisotopic (exact) mass is 433 g/mol. The normalized spacial score (nSPS) is 11.3. The average molecular weight is 433 g/mol. The Balaban J connectivity index is 0.00000242. The molecular weight excluding hydrogens is 409 g/mol. The van der Waals surface area contributed by atoms with Gasteiger partial charge in [0, 0.05) is 30.6 Å². The highest BCUT2D eigenvalue weighted by molar-refractivity contribution is 14.0. The molecule has 122 valence electrons. The molecule has 2 rings (SSSR count). The van der Waals surface area contributed by atoms with E-state index in [1.807, 2.05) is 30.0 Å². The molecule has 0 aliphatic rings. The third kappa shape index (κ3) is 6.08. The Hall–Kier alpha value is -0.890. The molecule has 4 nitrogen and oxygen atoms in total. The number of hydrogen-bond donors (Lipinski definition) is 2. The molecule has 2 N–H and O–H groups in total. The van der Waals surface area contributed by atoms with Crippen LogP contribution in [0.4, 0.5) is 0 Å². The molecule has 0 aliphatic carbocycles. The van der Waals surface area contributed by atoms with Crippen molar-refractivity contribution in [3.05, 3.63) is 36.1 Å². The maximum absolute atomic E-state index is 5.80. The number of halogens is 1. The molecule has 1 heterocycles. The number of rotatable bonds is 7. The minimum atomic E-state index is 0. The lowest BCUT2D eigenvalue weighted by atomic mass is 10.2. The van der Waals surface area contributed by atoms with Gasteiger partial charge in [-0.05, 0) is 25.3 Å². The first-order valence-electron chi connectivity index (χ1n) is 7.32. The third-order valence-corrected chi connectivity index (χ3v) is 3.64. The van der Waals surface area contributed by atoms with Gasteiger partial charge in [0.1, 0.15) is 11.3 Å². The summed E-state index contributed by atoms with van der Waals surface area (Å²) in [6.45, 7) is 4.59. The van der Waals surface area contributed by atoms with E-state index in [1.54, 1.807) is 0 Å². The number of para-hydroxylation sites is 1. The number of hydrogen-bond acceptors (Lipinski definition) is 3. The first-order chi connectivity index (χ1) is 10.3. The molecule has 0 unspecified atom stereocenters. The predicted molar refractivity (Wildman–Crippen MR) is 108 cm³/mol. The topological polar surface area (TPSA) is 49.6 Å². The van der Waals surface area contributed by atoms with E-state index >= 15 is 0 Å². The van der Waals surface area contributed by atoms with E-state index in [4.69, 9.17) is 4.42 Å². The first-order valence-corrected chi connectivity index (χ1v) is 8.71.